The summed E-state index contributed by atoms with van der Waals surface area (Å²) in [5.41, 5.74) is 3.51. The van der Waals surface area contributed by atoms with Crippen LogP contribution in [0.4, 0.5) is 0 Å². The Morgan fingerprint density at radius 1 is 1.14 bits per heavy atom. The topological polar surface area (TPSA) is 275 Å². The normalized spacial score (nSPS) is 20.8. The maximum Gasteiger partial charge on any atom is 0.329 e. The van der Waals surface area contributed by atoms with Gasteiger partial charge in [0.25, 0.3) is 11.1 Å². The molecule has 1 aliphatic heterocycles. The van der Waals surface area contributed by atoms with Crippen molar-refractivity contribution < 1.29 is 39.9 Å². The second-order valence-electron chi connectivity index (χ2n) is 7.65. The van der Waals surface area contributed by atoms with Crippen LogP contribution in [0.1, 0.15) is 17.4 Å². The van der Waals surface area contributed by atoms with E-state index in [0.717, 1.165) is 10.8 Å². The molecule has 0 radical (unpaired) electrons. The van der Waals surface area contributed by atoms with E-state index in [4.69, 9.17) is 38.0 Å². The molecule has 0 aliphatic carbocycles. The van der Waals surface area contributed by atoms with Gasteiger partial charge in [0.1, 0.15) is 18.3 Å². The number of carboxylic acids is 2. The number of H-pyrrole nitrogens is 2. The number of hydrogen-bond donors (Lipinski definition) is 9. The molecule has 204 valence electrons. The SMILES string of the molecule is NCn1c(=O)[nH]cc(CC(=O)O)c1=O.O=C(O)CNCc1cn([C@@H]2O[C@H](CO)[C@@H](O)[C@H]2O)c(=S)[nH]c1=O. The molecule has 0 bridgehead atoms. The summed E-state index contributed by atoms with van der Waals surface area (Å²) in [5.74, 6) is -2.21. The highest BCUT2D eigenvalue weighted by atomic mass is 32.1. The number of aliphatic carboxylic acids is 2. The number of nitrogens with two attached hydrogens (primary N) is 1. The summed E-state index contributed by atoms with van der Waals surface area (Å²) in [4.78, 5) is 59.6. The van der Waals surface area contributed by atoms with E-state index < -0.39 is 66.3 Å². The molecule has 17 nitrogen and oxygen atoms in total. The van der Waals surface area contributed by atoms with Gasteiger partial charge in [-0.25, -0.2) is 9.36 Å². The van der Waals surface area contributed by atoms with E-state index >= 15 is 0 Å². The standard InChI is InChI=1S/C12H17N3O7S.C7H9N3O4/c16-4-6-8(19)9(20)11(22-6)15-3-5(1-13-2-7(17)18)10(21)14-12(15)23;8-3-10-6(13)4(1-5(11)12)2-9-7(10)14/h3,6,8-9,11,13,16,19-20H,1-2,4H2,(H,17,18)(H,14,21,23);2H,1,3,8H2,(H,9,14)(H,11,12)/t6-,8-,9-,11-;/m1./s1. The predicted molar refractivity (Wildman–Crippen MR) is 125 cm³/mol. The van der Waals surface area contributed by atoms with Gasteiger partial charge < -0.3 is 46.3 Å². The van der Waals surface area contributed by atoms with Crippen molar-refractivity contribution in [2.75, 3.05) is 13.2 Å². The van der Waals surface area contributed by atoms with Gasteiger partial charge in [-0.3, -0.25) is 28.7 Å². The third kappa shape index (κ3) is 7.49. The zero-order chi connectivity index (χ0) is 27.9. The molecule has 3 heterocycles. The van der Waals surface area contributed by atoms with Crippen LogP contribution in [0.2, 0.25) is 0 Å². The smallest absolute Gasteiger partial charge is 0.329 e. The lowest BCUT2D eigenvalue weighted by Gasteiger charge is -2.19. The predicted octanol–water partition coefficient (Wildman–Crippen LogP) is -4.23. The van der Waals surface area contributed by atoms with Gasteiger partial charge in [0.2, 0.25) is 0 Å². The fourth-order valence-corrected chi connectivity index (χ4v) is 3.51. The van der Waals surface area contributed by atoms with Crippen molar-refractivity contribution in [3.05, 3.63) is 59.5 Å². The van der Waals surface area contributed by atoms with E-state index in [1.54, 1.807) is 0 Å². The van der Waals surface area contributed by atoms with Gasteiger partial charge in [0.05, 0.1) is 26.2 Å². The zero-order valence-corrected chi connectivity index (χ0v) is 19.9. The van der Waals surface area contributed by atoms with E-state index in [9.17, 15) is 34.2 Å². The van der Waals surface area contributed by atoms with Crippen molar-refractivity contribution in [3.63, 3.8) is 0 Å². The maximum atomic E-state index is 11.8. The van der Waals surface area contributed by atoms with Crippen molar-refractivity contribution in [1.29, 1.82) is 0 Å². The summed E-state index contributed by atoms with van der Waals surface area (Å²) in [6, 6.07) is 0. The van der Waals surface area contributed by atoms with Crippen molar-refractivity contribution in [1.82, 2.24) is 24.4 Å². The second kappa shape index (κ2) is 13.1. The van der Waals surface area contributed by atoms with Crippen LogP contribution in [0.15, 0.2) is 26.8 Å². The number of nitrogens with one attached hydrogen (secondary N) is 3. The van der Waals surface area contributed by atoms with Crippen molar-refractivity contribution in [2.45, 2.75) is 44.2 Å². The Hall–Kier alpha value is -3.52. The minimum absolute atomic E-state index is 0.00236. The molecule has 37 heavy (non-hydrogen) atoms. The molecule has 0 saturated carbocycles. The molecule has 1 fully saturated rings. The Morgan fingerprint density at radius 3 is 2.35 bits per heavy atom. The van der Waals surface area contributed by atoms with Crippen LogP contribution >= 0.6 is 12.2 Å². The molecular formula is C19H26N6O11S. The van der Waals surface area contributed by atoms with E-state index in [1.165, 1.54) is 10.8 Å². The van der Waals surface area contributed by atoms with E-state index in [1.807, 2.05) is 0 Å². The zero-order valence-electron chi connectivity index (χ0n) is 19.1. The molecule has 2 aromatic rings. The van der Waals surface area contributed by atoms with Gasteiger partial charge in [-0.05, 0) is 12.2 Å². The molecule has 1 saturated heterocycles. The molecule has 2 aromatic heterocycles. The van der Waals surface area contributed by atoms with Gasteiger partial charge in [0.15, 0.2) is 11.0 Å². The Balaban J connectivity index is 0.000000294. The summed E-state index contributed by atoms with van der Waals surface area (Å²) >= 11 is 5.01. The van der Waals surface area contributed by atoms with Gasteiger partial charge in [-0.1, -0.05) is 0 Å². The van der Waals surface area contributed by atoms with Crippen molar-refractivity contribution in [2.24, 2.45) is 5.73 Å². The van der Waals surface area contributed by atoms with Crippen LogP contribution in [-0.2, 0) is 34.0 Å². The van der Waals surface area contributed by atoms with Gasteiger partial charge in [-0.2, -0.15) is 0 Å². The Kier molecular flexibility index (Phi) is 10.6. The monoisotopic (exact) mass is 546 g/mol. The summed E-state index contributed by atoms with van der Waals surface area (Å²) < 4.78 is 7.30. The molecule has 0 unspecified atom stereocenters. The lowest BCUT2D eigenvalue weighted by atomic mass is 10.1. The van der Waals surface area contributed by atoms with E-state index in [2.05, 4.69) is 15.3 Å². The van der Waals surface area contributed by atoms with Crippen LogP contribution in [0, 0.1) is 4.77 Å². The number of hydrogen-bond acceptors (Lipinski definition) is 12. The highest BCUT2D eigenvalue weighted by molar-refractivity contribution is 7.71. The first kappa shape index (κ1) is 29.7. The number of nitrogens with zero attached hydrogens (tertiary/aromatic N) is 2. The van der Waals surface area contributed by atoms with Crippen LogP contribution in [0.3, 0.4) is 0 Å². The van der Waals surface area contributed by atoms with Crippen LogP contribution in [-0.4, -0.2) is 88.0 Å². The number of rotatable bonds is 9. The molecular weight excluding hydrogens is 520 g/mol. The molecule has 18 heteroatoms. The first-order valence-corrected chi connectivity index (χ1v) is 10.9. The van der Waals surface area contributed by atoms with Crippen LogP contribution in [0.5, 0.6) is 0 Å². The van der Waals surface area contributed by atoms with Crippen molar-refractivity contribution in [3.8, 4) is 0 Å². The molecule has 4 atom stereocenters. The number of aromatic amines is 2. The first-order chi connectivity index (χ1) is 17.4. The molecule has 10 N–H and O–H groups in total. The minimum atomic E-state index is -1.34. The second-order valence-corrected chi connectivity index (χ2v) is 8.04. The van der Waals surface area contributed by atoms with Crippen LogP contribution < -0.4 is 27.9 Å². The highest BCUT2D eigenvalue weighted by Crippen LogP contribution is 2.29. The minimum Gasteiger partial charge on any atom is -0.481 e. The van der Waals surface area contributed by atoms with Gasteiger partial charge in [-0.15, -0.1) is 0 Å². The molecule has 3 rings (SSSR count). The Morgan fingerprint density at radius 2 is 1.81 bits per heavy atom. The van der Waals surface area contributed by atoms with E-state index in [0.29, 0.717) is 0 Å². The van der Waals surface area contributed by atoms with Gasteiger partial charge in [0, 0.05) is 30.1 Å². The third-order valence-corrected chi connectivity index (χ3v) is 5.40. The summed E-state index contributed by atoms with van der Waals surface area (Å²) in [5, 5.41) is 48.5. The third-order valence-electron chi connectivity index (χ3n) is 5.08. The molecule has 0 spiro atoms. The molecule has 1 aliphatic rings. The highest BCUT2D eigenvalue weighted by Gasteiger charge is 2.43. The lowest BCUT2D eigenvalue weighted by molar-refractivity contribution is -0.137. The number of carboxylic acid groups (broad SMARTS) is 2. The number of aromatic nitrogens is 4. The first-order valence-electron chi connectivity index (χ1n) is 10.5. The Bertz CT molecular complexity index is 1350. The Labute approximate surface area is 211 Å². The average molecular weight is 547 g/mol. The fourth-order valence-electron chi connectivity index (χ4n) is 3.27. The average Bonchev–Trinajstić information content (AvgIpc) is 3.11. The largest absolute Gasteiger partial charge is 0.481 e. The maximum absolute atomic E-state index is 11.8. The number of carbonyl (C=O) groups is 2. The van der Waals surface area contributed by atoms with Gasteiger partial charge >= 0.3 is 17.6 Å². The fraction of sp³-hybridized carbons (Fsp3) is 0.474. The van der Waals surface area contributed by atoms with Crippen molar-refractivity contribution >= 4 is 24.2 Å². The molecule has 0 aromatic carbocycles. The number of aliphatic hydroxyl groups excluding tert-OH is 3. The van der Waals surface area contributed by atoms with E-state index in [-0.39, 0.29) is 35.7 Å². The number of aliphatic hydroxyl groups is 3. The summed E-state index contributed by atoms with van der Waals surface area (Å²) in [6.45, 7) is -1.13. The molecule has 0 amide bonds. The summed E-state index contributed by atoms with van der Waals surface area (Å²) in [6.07, 6.45) is -2.73. The quantitative estimate of drug-likeness (QED) is 0.135. The lowest BCUT2D eigenvalue weighted by Crippen LogP contribution is -2.39. The van der Waals surface area contributed by atoms with Crippen LogP contribution in [0.25, 0.3) is 0 Å². The number of ether oxygens (including phenoxy) is 1. The summed E-state index contributed by atoms with van der Waals surface area (Å²) in [7, 11) is 0.